The second-order valence-corrected chi connectivity index (χ2v) is 3.01. The van der Waals surface area contributed by atoms with Gasteiger partial charge in [-0.3, -0.25) is 4.79 Å². The van der Waals surface area contributed by atoms with Crippen LogP contribution in [0.1, 0.15) is 22.1 Å². The molecule has 0 saturated heterocycles. The molecule has 0 saturated carbocycles. The molecule has 0 aliphatic carbocycles. The van der Waals surface area contributed by atoms with Crippen molar-refractivity contribution in [2.45, 2.75) is 19.6 Å². The van der Waals surface area contributed by atoms with Crippen molar-refractivity contribution < 1.29 is 32.3 Å². The summed E-state index contributed by atoms with van der Waals surface area (Å²) in [5.74, 6) is -4.31. The van der Waals surface area contributed by atoms with E-state index in [9.17, 15) is 22.8 Å². The Hall–Kier alpha value is -2.06. The molecule has 0 aliphatic rings. The number of alkyl halides is 3. The standard InChI is InChI=1S/C8H7F3N2O4/c1-3-5(6(14)15)17-4(13-3)2-12-7(16)8(9,10)11/h2H2,1H3,(H,12,16)(H,14,15). The molecular weight excluding hydrogens is 245 g/mol. The van der Waals surface area contributed by atoms with E-state index in [-0.39, 0.29) is 11.6 Å². The van der Waals surface area contributed by atoms with E-state index < -0.39 is 30.4 Å². The zero-order chi connectivity index (χ0) is 13.2. The summed E-state index contributed by atoms with van der Waals surface area (Å²) in [7, 11) is 0. The number of nitrogens with one attached hydrogen (secondary N) is 1. The highest BCUT2D eigenvalue weighted by molar-refractivity contribution is 5.85. The molecule has 2 N–H and O–H groups in total. The first-order valence-corrected chi connectivity index (χ1v) is 4.26. The van der Waals surface area contributed by atoms with Crippen LogP contribution in [0.25, 0.3) is 0 Å². The molecule has 1 amide bonds. The zero-order valence-electron chi connectivity index (χ0n) is 8.46. The summed E-state index contributed by atoms with van der Waals surface area (Å²) in [6, 6.07) is 0. The SMILES string of the molecule is Cc1nc(CNC(=O)C(F)(F)F)oc1C(=O)O. The van der Waals surface area contributed by atoms with Crippen molar-refractivity contribution in [1.29, 1.82) is 0 Å². The Morgan fingerprint density at radius 2 is 2.06 bits per heavy atom. The molecular formula is C8H7F3N2O4. The number of carbonyl (C=O) groups excluding carboxylic acids is 1. The van der Waals surface area contributed by atoms with E-state index in [1.165, 1.54) is 12.2 Å². The first kappa shape index (κ1) is 13.0. The average molecular weight is 252 g/mol. The number of halogens is 3. The van der Waals surface area contributed by atoms with E-state index in [0.29, 0.717) is 0 Å². The third-order valence-corrected chi connectivity index (χ3v) is 1.69. The predicted molar refractivity (Wildman–Crippen MR) is 46.1 cm³/mol. The number of hydrogen-bond acceptors (Lipinski definition) is 4. The summed E-state index contributed by atoms with van der Waals surface area (Å²) in [6.07, 6.45) is -5.00. The number of aryl methyl sites for hydroxylation is 1. The average Bonchev–Trinajstić information content (AvgIpc) is 2.54. The zero-order valence-corrected chi connectivity index (χ0v) is 8.46. The molecule has 0 fully saturated rings. The van der Waals surface area contributed by atoms with Crippen molar-refractivity contribution in [2.75, 3.05) is 0 Å². The predicted octanol–water partition coefficient (Wildman–Crippen LogP) is 0.860. The lowest BCUT2D eigenvalue weighted by atomic mass is 10.4. The molecule has 0 spiro atoms. The van der Waals surface area contributed by atoms with Gasteiger partial charge in [-0.25, -0.2) is 9.78 Å². The maximum absolute atomic E-state index is 11.8. The Morgan fingerprint density at radius 1 is 1.47 bits per heavy atom. The number of hydrogen-bond donors (Lipinski definition) is 2. The van der Waals surface area contributed by atoms with E-state index in [4.69, 9.17) is 5.11 Å². The van der Waals surface area contributed by atoms with Gasteiger partial charge in [-0.1, -0.05) is 0 Å². The van der Waals surface area contributed by atoms with E-state index in [1.807, 2.05) is 0 Å². The Labute approximate surface area is 92.4 Å². The van der Waals surface area contributed by atoms with Crippen LogP contribution in [-0.2, 0) is 11.3 Å². The number of carboxylic acid groups (broad SMARTS) is 1. The van der Waals surface area contributed by atoms with E-state index >= 15 is 0 Å². The number of nitrogens with zero attached hydrogens (tertiary/aromatic N) is 1. The molecule has 17 heavy (non-hydrogen) atoms. The van der Waals surface area contributed by atoms with Crippen molar-refractivity contribution in [3.8, 4) is 0 Å². The van der Waals surface area contributed by atoms with Crippen LogP contribution < -0.4 is 5.32 Å². The summed E-state index contributed by atoms with van der Waals surface area (Å²) >= 11 is 0. The van der Waals surface area contributed by atoms with E-state index in [2.05, 4.69) is 9.40 Å². The van der Waals surface area contributed by atoms with Gasteiger partial charge in [0.25, 0.3) is 0 Å². The first-order chi connectivity index (χ1) is 7.71. The van der Waals surface area contributed by atoms with Crippen molar-refractivity contribution in [3.63, 3.8) is 0 Å². The van der Waals surface area contributed by atoms with Crippen molar-refractivity contribution in [1.82, 2.24) is 10.3 Å². The van der Waals surface area contributed by atoms with Crippen LogP contribution >= 0.6 is 0 Å². The number of aromatic carboxylic acids is 1. The van der Waals surface area contributed by atoms with Crippen LogP contribution in [0.2, 0.25) is 0 Å². The van der Waals surface area contributed by atoms with Gasteiger partial charge in [0.15, 0.2) is 0 Å². The van der Waals surface area contributed by atoms with Crippen LogP contribution in [0.5, 0.6) is 0 Å². The summed E-state index contributed by atoms with van der Waals surface area (Å²) in [4.78, 5) is 24.5. The molecule has 1 aromatic rings. The Bertz CT molecular complexity index is 452. The van der Waals surface area contributed by atoms with Gasteiger partial charge in [-0.2, -0.15) is 13.2 Å². The minimum Gasteiger partial charge on any atom is -0.475 e. The second kappa shape index (κ2) is 4.44. The molecule has 6 nitrogen and oxygen atoms in total. The summed E-state index contributed by atoms with van der Waals surface area (Å²) < 4.78 is 40.1. The van der Waals surface area contributed by atoms with Crippen LogP contribution in [0, 0.1) is 6.92 Å². The lowest BCUT2D eigenvalue weighted by Crippen LogP contribution is -2.36. The van der Waals surface area contributed by atoms with Crippen molar-refractivity contribution in [3.05, 3.63) is 17.3 Å². The molecule has 9 heteroatoms. The monoisotopic (exact) mass is 252 g/mol. The number of rotatable bonds is 3. The van der Waals surface area contributed by atoms with Gasteiger partial charge in [0, 0.05) is 0 Å². The Kier molecular flexibility index (Phi) is 3.39. The molecule has 1 aromatic heterocycles. The fourth-order valence-corrected chi connectivity index (χ4v) is 0.982. The molecule has 94 valence electrons. The van der Waals surface area contributed by atoms with Crippen LogP contribution in [0.15, 0.2) is 4.42 Å². The van der Waals surface area contributed by atoms with Crippen molar-refractivity contribution >= 4 is 11.9 Å². The lowest BCUT2D eigenvalue weighted by Gasteiger charge is -2.05. The third kappa shape index (κ3) is 3.20. The van der Waals surface area contributed by atoms with Crippen molar-refractivity contribution in [2.24, 2.45) is 0 Å². The highest BCUT2D eigenvalue weighted by atomic mass is 19.4. The minimum atomic E-state index is -5.00. The number of carboxylic acids is 1. The van der Waals surface area contributed by atoms with Gasteiger partial charge < -0.3 is 14.8 Å². The van der Waals surface area contributed by atoms with E-state index in [1.54, 1.807) is 0 Å². The fraction of sp³-hybridized carbons (Fsp3) is 0.375. The Balaban J connectivity index is 2.68. The second-order valence-electron chi connectivity index (χ2n) is 3.01. The van der Waals surface area contributed by atoms with Crippen LogP contribution in [-0.4, -0.2) is 28.1 Å². The van der Waals surface area contributed by atoms with Gasteiger partial charge in [0.05, 0.1) is 12.2 Å². The van der Waals surface area contributed by atoms with Gasteiger partial charge in [0.1, 0.15) is 0 Å². The highest BCUT2D eigenvalue weighted by Gasteiger charge is 2.38. The first-order valence-electron chi connectivity index (χ1n) is 4.26. The molecule has 1 rings (SSSR count). The molecule has 1 heterocycles. The minimum absolute atomic E-state index is 0.0220. The van der Waals surface area contributed by atoms with Gasteiger partial charge in [-0.05, 0) is 6.92 Å². The topological polar surface area (TPSA) is 92.4 Å². The molecule has 0 aliphatic heterocycles. The van der Waals surface area contributed by atoms with Gasteiger partial charge in [0.2, 0.25) is 11.7 Å². The largest absolute Gasteiger partial charge is 0.475 e. The molecule has 0 aromatic carbocycles. The fourth-order valence-electron chi connectivity index (χ4n) is 0.982. The number of oxazole rings is 1. The summed E-state index contributed by atoms with van der Waals surface area (Å²) in [5.41, 5.74) is 0.0220. The van der Waals surface area contributed by atoms with E-state index in [0.717, 1.165) is 0 Å². The lowest BCUT2D eigenvalue weighted by molar-refractivity contribution is -0.173. The molecule has 0 unspecified atom stereocenters. The van der Waals surface area contributed by atoms with Gasteiger partial charge in [-0.15, -0.1) is 0 Å². The molecule has 0 atom stereocenters. The summed E-state index contributed by atoms with van der Waals surface area (Å²) in [6.45, 7) is 0.689. The molecule has 0 radical (unpaired) electrons. The quantitative estimate of drug-likeness (QED) is 0.832. The van der Waals surface area contributed by atoms with Crippen LogP contribution in [0.3, 0.4) is 0 Å². The maximum atomic E-state index is 11.8. The smallest absolute Gasteiger partial charge is 0.471 e. The Morgan fingerprint density at radius 3 is 2.47 bits per heavy atom. The van der Waals surface area contributed by atoms with Gasteiger partial charge >= 0.3 is 18.1 Å². The number of amides is 1. The maximum Gasteiger partial charge on any atom is 0.471 e. The summed E-state index contributed by atoms with van der Waals surface area (Å²) in [5, 5.41) is 10.1. The number of carbonyl (C=O) groups is 2. The normalized spacial score (nSPS) is 11.3. The third-order valence-electron chi connectivity index (χ3n) is 1.69. The van der Waals surface area contributed by atoms with Crippen LogP contribution in [0.4, 0.5) is 13.2 Å². The molecule has 0 bridgehead atoms. The highest BCUT2D eigenvalue weighted by Crippen LogP contribution is 2.15. The number of aromatic nitrogens is 1.